The van der Waals surface area contributed by atoms with Gasteiger partial charge in [0.25, 0.3) is 0 Å². The monoisotopic (exact) mass is 393 g/mol. The van der Waals surface area contributed by atoms with Crippen LogP contribution in [-0.4, -0.2) is 41.0 Å². The lowest BCUT2D eigenvalue weighted by atomic mass is 10.2. The standard InChI is InChI=1S/C19H19N7OS/c1-3-26-18(15-7-4-5-10-20-15)23-24-19(26)28-11-16(27)22-14-9-6-8-13-17(14)25(2)12-21-13/h4-10,12H,3,11H2,1-2H3,(H,22,27). The average Bonchev–Trinajstić information content (AvgIpc) is 3.31. The number of aromatic nitrogens is 6. The van der Waals surface area contributed by atoms with E-state index in [9.17, 15) is 4.79 Å². The molecule has 1 amide bonds. The van der Waals surface area contributed by atoms with Crippen molar-refractivity contribution in [2.24, 2.45) is 7.05 Å². The van der Waals surface area contributed by atoms with E-state index in [4.69, 9.17) is 0 Å². The third kappa shape index (κ3) is 3.48. The third-order valence-corrected chi connectivity index (χ3v) is 5.24. The number of aryl methyl sites for hydroxylation is 1. The number of hydrogen-bond acceptors (Lipinski definition) is 6. The number of carbonyl (C=O) groups is 1. The van der Waals surface area contributed by atoms with Crippen molar-refractivity contribution in [3.8, 4) is 11.5 Å². The highest BCUT2D eigenvalue weighted by atomic mass is 32.2. The van der Waals surface area contributed by atoms with E-state index in [1.54, 1.807) is 12.5 Å². The summed E-state index contributed by atoms with van der Waals surface area (Å²) in [4.78, 5) is 21.2. The number of hydrogen-bond donors (Lipinski definition) is 1. The smallest absolute Gasteiger partial charge is 0.234 e. The second kappa shape index (κ2) is 7.81. The molecular formula is C19H19N7OS. The van der Waals surface area contributed by atoms with Gasteiger partial charge in [-0.05, 0) is 31.2 Å². The Morgan fingerprint density at radius 2 is 2.04 bits per heavy atom. The maximum absolute atomic E-state index is 12.5. The molecule has 4 aromatic rings. The number of nitrogens with zero attached hydrogens (tertiary/aromatic N) is 6. The molecule has 0 atom stereocenters. The number of nitrogens with one attached hydrogen (secondary N) is 1. The molecule has 9 heteroatoms. The number of pyridine rings is 1. The van der Waals surface area contributed by atoms with E-state index >= 15 is 0 Å². The fraction of sp³-hybridized carbons (Fsp3) is 0.211. The number of imidazole rings is 1. The normalized spacial score (nSPS) is 11.1. The Morgan fingerprint density at radius 3 is 2.82 bits per heavy atom. The van der Waals surface area contributed by atoms with Crippen molar-refractivity contribution < 1.29 is 4.79 Å². The quantitative estimate of drug-likeness (QED) is 0.507. The number of rotatable bonds is 6. The van der Waals surface area contributed by atoms with Crippen LogP contribution in [0.1, 0.15) is 6.92 Å². The largest absolute Gasteiger partial charge is 0.332 e. The molecule has 4 rings (SSSR count). The molecule has 8 nitrogen and oxygen atoms in total. The van der Waals surface area contributed by atoms with E-state index in [2.05, 4.69) is 25.5 Å². The Balaban J connectivity index is 1.48. The number of para-hydroxylation sites is 1. The number of fused-ring (bicyclic) bond motifs is 1. The molecule has 28 heavy (non-hydrogen) atoms. The van der Waals surface area contributed by atoms with Crippen molar-refractivity contribution in [2.75, 3.05) is 11.1 Å². The predicted octanol–water partition coefficient (Wildman–Crippen LogP) is 2.98. The van der Waals surface area contributed by atoms with Gasteiger partial charge in [0.05, 0.1) is 28.8 Å². The van der Waals surface area contributed by atoms with Gasteiger partial charge in [0.2, 0.25) is 5.91 Å². The molecule has 0 saturated heterocycles. The van der Waals surface area contributed by atoms with Gasteiger partial charge < -0.3 is 14.5 Å². The zero-order valence-electron chi connectivity index (χ0n) is 15.5. The van der Waals surface area contributed by atoms with Gasteiger partial charge in [-0.15, -0.1) is 10.2 Å². The first-order valence-corrected chi connectivity index (χ1v) is 9.83. The predicted molar refractivity (Wildman–Crippen MR) is 109 cm³/mol. The van der Waals surface area contributed by atoms with Crippen LogP contribution in [0, 0.1) is 0 Å². The van der Waals surface area contributed by atoms with E-state index in [1.807, 2.05) is 59.5 Å². The minimum absolute atomic E-state index is 0.108. The SMILES string of the molecule is CCn1c(SCC(=O)Nc2cccc3ncn(C)c23)nnc1-c1ccccn1. The van der Waals surface area contributed by atoms with Crippen LogP contribution in [0.25, 0.3) is 22.6 Å². The van der Waals surface area contributed by atoms with Crippen LogP contribution in [0.2, 0.25) is 0 Å². The van der Waals surface area contributed by atoms with Crippen LogP contribution in [-0.2, 0) is 18.4 Å². The van der Waals surface area contributed by atoms with E-state index in [-0.39, 0.29) is 11.7 Å². The fourth-order valence-corrected chi connectivity index (χ4v) is 3.80. The van der Waals surface area contributed by atoms with Gasteiger partial charge >= 0.3 is 0 Å². The summed E-state index contributed by atoms with van der Waals surface area (Å²) in [5.74, 6) is 0.823. The highest BCUT2D eigenvalue weighted by Crippen LogP contribution is 2.24. The van der Waals surface area contributed by atoms with Gasteiger partial charge in [0.1, 0.15) is 5.69 Å². The van der Waals surface area contributed by atoms with Gasteiger partial charge in [-0.25, -0.2) is 4.98 Å². The Morgan fingerprint density at radius 1 is 1.14 bits per heavy atom. The molecule has 0 saturated carbocycles. The summed E-state index contributed by atoms with van der Waals surface area (Å²) in [6, 6.07) is 11.3. The zero-order chi connectivity index (χ0) is 19.5. The number of amides is 1. The summed E-state index contributed by atoms with van der Waals surface area (Å²) in [6.07, 6.45) is 3.46. The number of carbonyl (C=O) groups excluding carboxylic acids is 1. The van der Waals surface area contributed by atoms with Crippen LogP contribution in [0.4, 0.5) is 5.69 Å². The summed E-state index contributed by atoms with van der Waals surface area (Å²) in [5, 5.41) is 12.2. The first-order chi connectivity index (χ1) is 13.7. The van der Waals surface area contributed by atoms with Crippen molar-refractivity contribution in [1.29, 1.82) is 0 Å². The molecule has 0 spiro atoms. The highest BCUT2D eigenvalue weighted by Gasteiger charge is 2.16. The lowest BCUT2D eigenvalue weighted by molar-refractivity contribution is -0.113. The van der Waals surface area contributed by atoms with Crippen molar-refractivity contribution in [3.63, 3.8) is 0 Å². The van der Waals surface area contributed by atoms with Crippen molar-refractivity contribution >= 4 is 34.4 Å². The van der Waals surface area contributed by atoms with Crippen molar-refractivity contribution in [3.05, 3.63) is 48.9 Å². The number of benzene rings is 1. The second-order valence-electron chi connectivity index (χ2n) is 6.13. The van der Waals surface area contributed by atoms with E-state index in [0.29, 0.717) is 17.5 Å². The van der Waals surface area contributed by atoms with Crippen LogP contribution in [0.5, 0.6) is 0 Å². The minimum Gasteiger partial charge on any atom is -0.332 e. The molecular weight excluding hydrogens is 374 g/mol. The Hall–Kier alpha value is -3.20. The molecule has 0 aliphatic carbocycles. The molecule has 0 bridgehead atoms. The zero-order valence-corrected chi connectivity index (χ0v) is 16.3. The Labute approximate surface area is 166 Å². The molecule has 0 aliphatic heterocycles. The molecule has 3 aromatic heterocycles. The summed E-state index contributed by atoms with van der Waals surface area (Å²) in [5.41, 5.74) is 3.25. The van der Waals surface area contributed by atoms with Crippen LogP contribution >= 0.6 is 11.8 Å². The number of anilines is 1. The first kappa shape index (κ1) is 18.2. The lowest BCUT2D eigenvalue weighted by Crippen LogP contribution is -2.15. The van der Waals surface area contributed by atoms with Crippen LogP contribution in [0.3, 0.4) is 0 Å². The Bertz CT molecular complexity index is 1120. The molecule has 0 radical (unpaired) electrons. The molecule has 3 heterocycles. The van der Waals surface area contributed by atoms with E-state index in [1.165, 1.54) is 11.8 Å². The summed E-state index contributed by atoms with van der Waals surface area (Å²) >= 11 is 1.35. The topological polar surface area (TPSA) is 90.5 Å². The van der Waals surface area contributed by atoms with Crippen molar-refractivity contribution in [1.82, 2.24) is 29.3 Å². The summed E-state index contributed by atoms with van der Waals surface area (Å²) in [6.45, 7) is 2.71. The molecule has 1 aromatic carbocycles. The average molecular weight is 393 g/mol. The molecule has 142 valence electrons. The van der Waals surface area contributed by atoms with Crippen molar-refractivity contribution in [2.45, 2.75) is 18.6 Å². The maximum Gasteiger partial charge on any atom is 0.234 e. The van der Waals surface area contributed by atoms with Gasteiger partial charge in [-0.1, -0.05) is 23.9 Å². The maximum atomic E-state index is 12.5. The van der Waals surface area contributed by atoms with Gasteiger partial charge in [-0.2, -0.15) is 0 Å². The van der Waals surface area contributed by atoms with Gasteiger partial charge in [-0.3, -0.25) is 9.78 Å². The van der Waals surface area contributed by atoms with E-state index in [0.717, 1.165) is 22.4 Å². The minimum atomic E-state index is -0.108. The number of thioether (sulfide) groups is 1. The molecule has 0 fully saturated rings. The molecule has 1 N–H and O–H groups in total. The summed E-state index contributed by atoms with van der Waals surface area (Å²) in [7, 11) is 1.91. The van der Waals surface area contributed by atoms with E-state index < -0.39 is 0 Å². The Kier molecular flexibility index (Phi) is 5.07. The summed E-state index contributed by atoms with van der Waals surface area (Å²) < 4.78 is 3.85. The first-order valence-electron chi connectivity index (χ1n) is 8.84. The van der Waals surface area contributed by atoms with Gasteiger partial charge in [0, 0.05) is 19.8 Å². The lowest BCUT2D eigenvalue weighted by Gasteiger charge is -2.09. The fourth-order valence-electron chi connectivity index (χ4n) is 3.00. The second-order valence-corrected chi connectivity index (χ2v) is 7.07. The molecule has 0 unspecified atom stereocenters. The molecule has 0 aliphatic rings. The van der Waals surface area contributed by atoms with Crippen LogP contribution in [0.15, 0.2) is 54.1 Å². The van der Waals surface area contributed by atoms with Gasteiger partial charge in [0.15, 0.2) is 11.0 Å². The van der Waals surface area contributed by atoms with Crippen LogP contribution < -0.4 is 5.32 Å². The third-order valence-electron chi connectivity index (χ3n) is 4.27. The highest BCUT2D eigenvalue weighted by molar-refractivity contribution is 7.99.